The van der Waals surface area contributed by atoms with Crippen molar-refractivity contribution in [1.29, 1.82) is 0 Å². The molecule has 0 aliphatic carbocycles. The first-order valence-corrected chi connectivity index (χ1v) is 8.94. The number of rotatable bonds is 5. The third-order valence-corrected chi connectivity index (χ3v) is 5.91. The molecule has 1 heterocycles. The first kappa shape index (κ1) is 17.3. The van der Waals surface area contributed by atoms with Gasteiger partial charge in [0.05, 0.1) is 21.3 Å². The Morgan fingerprint density at radius 3 is 2.23 bits per heavy atom. The second kappa shape index (κ2) is 6.61. The molecule has 0 aliphatic rings. The van der Waals surface area contributed by atoms with Gasteiger partial charge in [0.15, 0.2) is 0 Å². The molecule has 3 N–H and O–H groups in total. The van der Waals surface area contributed by atoms with Crippen molar-refractivity contribution in [3.05, 3.63) is 44.2 Å². The van der Waals surface area contributed by atoms with Gasteiger partial charge in [0, 0.05) is 10.4 Å². The Bertz CT molecular complexity index is 813. The monoisotopic (exact) mass is 400 g/mol. The molecular formula is C11H7Cl3N2O4S2. The van der Waals surface area contributed by atoms with Gasteiger partial charge < -0.3 is 10.5 Å². The van der Waals surface area contributed by atoms with Crippen LogP contribution in [0.3, 0.4) is 0 Å². The van der Waals surface area contributed by atoms with Gasteiger partial charge in [-0.2, -0.15) is 0 Å². The zero-order chi connectivity index (χ0) is 16.5. The quantitative estimate of drug-likeness (QED) is 0.664. The van der Waals surface area contributed by atoms with Crippen molar-refractivity contribution >= 4 is 67.8 Å². The number of hydrogen-bond donors (Lipinski definition) is 3. The van der Waals surface area contributed by atoms with Crippen molar-refractivity contribution in [3.63, 3.8) is 0 Å². The summed E-state index contributed by atoms with van der Waals surface area (Å²) in [5, 5.41) is 10.6. The highest BCUT2D eigenvalue weighted by Crippen LogP contribution is 2.33. The first-order valence-electron chi connectivity index (χ1n) is 5.45. The van der Waals surface area contributed by atoms with E-state index in [1.807, 2.05) is 0 Å². The van der Waals surface area contributed by atoms with Crippen molar-refractivity contribution in [3.8, 4) is 0 Å². The molecule has 0 saturated heterocycles. The van der Waals surface area contributed by atoms with Gasteiger partial charge in [-0.15, -0.1) is 16.2 Å². The molecule has 0 radical (unpaired) electrons. The summed E-state index contributed by atoms with van der Waals surface area (Å²) in [4.78, 5) is 12.8. The second-order valence-corrected chi connectivity index (χ2v) is 8.01. The van der Waals surface area contributed by atoms with Gasteiger partial charge in [0.25, 0.3) is 10.0 Å². The average molecular weight is 402 g/mol. The Morgan fingerprint density at radius 2 is 1.73 bits per heavy atom. The van der Waals surface area contributed by atoms with Gasteiger partial charge >= 0.3 is 5.97 Å². The fourth-order valence-corrected chi connectivity index (χ4v) is 4.31. The third-order valence-electron chi connectivity index (χ3n) is 2.40. The molecule has 0 unspecified atom stereocenters. The van der Waals surface area contributed by atoms with Crippen LogP contribution >= 0.6 is 46.1 Å². The van der Waals surface area contributed by atoms with E-state index in [9.17, 15) is 13.2 Å². The van der Waals surface area contributed by atoms with Crippen molar-refractivity contribution < 1.29 is 18.3 Å². The molecular weight excluding hydrogens is 395 g/mol. The van der Waals surface area contributed by atoms with Crippen molar-refractivity contribution in [2.24, 2.45) is 0 Å². The summed E-state index contributed by atoms with van der Waals surface area (Å²) in [5.41, 5.74) is 2.40. The zero-order valence-electron chi connectivity index (χ0n) is 10.4. The smallest absolute Gasteiger partial charge is 0.336 e. The number of benzene rings is 1. The number of hydrazine groups is 1. The summed E-state index contributed by atoms with van der Waals surface area (Å²) in [6.45, 7) is 0. The van der Waals surface area contributed by atoms with Crippen LogP contribution in [0.5, 0.6) is 0 Å². The Hall–Kier alpha value is -1.03. The van der Waals surface area contributed by atoms with Crippen LogP contribution in [0, 0.1) is 0 Å². The number of aromatic carboxylic acids is 1. The molecule has 0 aliphatic heterocycles. The molecule has 0 saturated carbocycles. The van der Waals surface area contributed by atoms with E-state index in [4.69, 9.17) is 39.9 Å². The lowest BCUT2D eigenvalue weighted by Gasteiger charge is -2.11. The normalized spacial score (nSPS) is 11.4. The molecule has 0 atom stereocenters. The highest BCUT2D eigenvalue weighted by molar-refractivity contribution is 7.91. The van der Waals surface area contributed by atoms with Crippen LogP contribution in [0.1, 0.15) is 10.4 Å². The lowest BCUT2D eigenvalue weighted by Crippen LogP contribution is -2.29. The Morgan fingerprint density at radius 1 is 1.14 bits per heavy atom. The predicted octanol–water partition coefficient (Wildman–Crippen LogP) is 3.71. The SMILES string of the molecule is O=C(O)c1csc(S(=O)(=O)NNc2c(Cl)cc(Cl)cc2Cl)c1. The summed E-state index contributed by atoms with van der Waals surface area (Å²) >= 11 is 18.4. The summed E-state index contributed by atoms with van der Waals surface area (Å²) in [7, 11) is -3.97. The highest BCUT2D eigenvalue weighted by Gasteiger charge is 2.19. The topological polar surface area (TPSA) is 95.5 Å². The van der Waals surface area contributed by atoms with E-state index in [1.54, 1.807) is 0 Å². The fraction of sp³-hybridized carbons (Fsp3) is 0. The third kappa shape index (κ3) is 3.83. The summed E-state index contributed by atoms with van der Waals surface area (Å²) in [6.07, 6.45) is 0. The molecule has 1 aromatic heterocycles. The second-order valence-electron chi connectivity index (χ2n) is 3.93. The van der Waals surface area contributed by atoms with E-state index < -0.39 is 16.0 Å². The van der Waals surface area contributed by atoms with Gasteiger partial charge in [0.2, 0.25) is 0 Å². The van der Waals surface area contributed by atoms with Crippen LogP contribution < -0.4 is 10.3 Å². The van der Waals surface area contributed by atoms with E-state index in [1.165, 1.54) is 17.5 Å². The van der Waals surface area contributed by atoms with Crippen molar-refractivity contribution in [1.82, 2.24) is 4.83 Å². The molecule has 2 rings (SSSR count). The number of carboxylic acids is 1. The van der Waals surface area contributed by atoms with E-state index >= 15 is 0 Å². The van der Waals surface area contributed by atoms with Gasteiger partial charge in [-0.3, -0.25) is 0 Å². The van der Waals surface area contributed by atoms with Gasteiger partial charge in [-0.1, -0.05) is 34.8 Å². The molecule has 11 heteroatoms. The van der Waals surface area contributed by atoms with Gasteiger partial charge in [-0.25, -0.2) is 13.2 Å². The number of halogens is 3. The molecule has 22 heavy (non-hydrogen) atoms. The van der Waals surface area contributed by atoms with E-state index in [2.05, 4.69) is 10.3 Å². The number of hydrogen-bond acceptors (Lipinski definition) is 5. The lowest BCUT2D eigenvalue weighted by molar-refractivity contribution is 0.0697. The Kier molecular flexibility index (Phi) is 5.21. The maximum atomic E-state index is 12.1. The maximum absolute atomic E-state index is 12.1. The fourth-order valence-electron chi connectivity index (χ4n) is 1.40. The standard InChI is InChI=1S/C11H7Cl3N2O4S2/c12-6-2-7(13)10(8(14)3-6)15-16-22(19,20)9-1-5(4-21-9)11(17)18/h1-4,15-16H,(H,17,18). The molecule has 0 spiro atoms. The molecule has 6 nitrogen and oxygen atoms in total. The first-order chi connectivity index (χ1) is 10.2. The molecule has 2 aromatic rings. The number of thiophene rings is 1. The van der Waals surface area contributed by atoms with Crippen LogP contribution in [0.15, 0.2) is 27.8 Å². The van der Waals surface area contributed by atoms with Crippen LogP contribution in [-0.2, 0) is 10.0 Å². The van der Waals surface area contributed by atoms with Crippen molar-refractivity contribution in [2.75, 3.05) is 5.43 Å². The van der Waals surface area contributed by atoms with Crippen LogP contribution in [0.2, 0.25) is 15.1 Å². The molecule has 118 valence electrons. The minimum atomic E-state index is -3.97. The summed E-state index contributed by atoms with van der Waals surface area (Å²) in [5.74, 6) is -1.21. The minimum Gasteiger partial charge on any atom is -0.478 e. The van der Waals surface area contributed by atoms with Crippen LogP contribution in [0.25, 0.3) is 0 Å². The van der Waals surface area contributed by atoms with E-state index in [0.29, 0.717) is 5.02 Å². The summed E-state index contributed by atoms with van der Waals surface area (Å²) < 4.78 is 24.0. The molecule has 0 amide bonds. The number of carboxylic acid groups (broad SMARTS) is 1. The van der Waals surface area contributed by atoms with Crippen LogP contribution in [-0.4, -0.2) is 19.5 Å². The lowest BCUT2D eigenvalue weighted by atomic mass is 10.3. The Balaban J connectivity index is 2.21. The van der Waals surface area contributed by atoms with E-state index in [-0.39, 0.29) is 25.5 Å². The van der Waals surface area contributed by atoms with Crippen LogP contribution in [0.4, 0.5) is 5.69 Å². The molecule has 0 bridgehead atoms. The van der Waals surface area contributed by atoms with Crippen molar-refractivity contribution in [2.45, 2.75) is 4.21 Å². The number of anilines is 1. The minimum absolute atomic E-state index is 0.118. The number of nitrogens with one attached hydrogen (secondary N) is 2. The largest absolute Gasteiger partial charge is 0.478 e. The maximum Gasteiger partial charge on any atom is 0.336 e. The average Bonchev–Trinajstić information content (AvgIpc) is 2.87. The predicted molar refractivity (Wildman–Crippen MR) is 86.7 cm³/mol. The Labute approximate surface area is 144 Å². The van der Waals surface area contributed by atoms with E-state index in [0.717, 1.165) is 17.4 Å². The molecule has 0 fully saturated rings. The highest BCUT2D eigenvalue weighted by atomic mass is 35.5. The number of carbonyl (C=O) groups is 1. The zero-order valence-corrected chi connectivity index (χ0v) is 14.3. The van der Waals surface area contributed by atoms with Gasteiger partial charge in [-0.05, 0) is 18.2 Å². The molecule has 1 aromatic carbocycles. The summed E-state index contributed by atoms with van der Waals surface area (Å²) in [6, 6.07) is 3.82. The van der Waals surface area contributed by atoms with Gasteiger partial charge in [0.1, 0.15) is 4.21 Å². The number of sulfonamides is 1.